The number of anilines is 1. The lowest BCUT2D eigenvalue weighted by Gasteiger charge is -2.03. The van der Waals surface area contributed by atoms with Gasteiger partial charge in [0, 0.05) is 11.8 Å². The molecule has 1 rings (SSSR count). The summed E-state index contributed by atoms with van der Waals surface area (Å²) in [7, 11) is 0. The van der Waals surface area contributed by atoms with Crippen LogP contribution in [0, 0.1) is 0 Å². The Morgan fingerprint density at radius 2 is 2.00 bits per heavy atom. The summed E-state index contributed by atoms with van der Waals surface area (Å²) in [5.74, 6) is 0.0833. The predicted molar refractivity (Wildman–Crippen MR) is 44.7 cm³/mol. The Morgan fingerprint density at radius 3 is 2.50 bits per heavy atom. The highest BCUT2D eigenvalue weighted by atomic mass is 35.5. The maximum Gasteiger partial charge on any atom is 0.387 e. The van der Waals surface area contributed by atoms with Crippen LogP contribution in [0.3, 0.4) is 0 Å². The van der Waals surface area contributed by atoms with Crippen LogP contribution in [0.2, 0.25) is 0 Å². The largest absolute Gasteiger partial charge is 0.435 e. The molecule has 0 atom stereocenters. The third kappa shape index (κ3) is 3.39. The van der Waals surface area contributed by atoms with Gasteiger partial charge >= 0.3 is 6.61 Å². The lowest BCUT2D eigenvalue weighted by atomic mass is 10.3. The fourth-order valence-corrected chi connectivity index (χ4v) is 0.691. The van der Waals surface area contributed by atoms with Gasteiger partial charge in [-0.3, -0.25) is 0 Å². The van der Waals surface area contributed by atoms with Gasteiger partial charge in [-0.15, -0.1) is 12.4 Å². The van der Waals surface area contributed by atoms with Crippen LogP contribution in [0.25, 0.3) is 0 Å². The number of hydrogen-bond donors (Lipinski definition) is 1. The second-order valence-corrected chi connectivity index (χ2v) is 1.95. The van der Waals surface area contributed by atoms with E-state index in [9.17, 15) is 8.78 Å². The highest BCUT2D eigenvalue weighted by Crippen LogP contribution is 2.16. The Morgan fingerprint density at radius 1 is 1.33 bits per heavy atom. The first kappa shape index (κ1) is 11.0. The molecule has 68 valence electrons. The van der Waals surface area contributed by atoms with Crippen LogP contribution in [-0.2, 0) is 0 Å². The maximum absolute atomic E-state index is 11.6. The number of nitrogen functional groups attached to an aromatic ring is 1. The van der Waals surface area contributed by atoms with E-state index in [1.807, 2.05) is 0 Å². The lowest BCUT2D eigenvalue weighted by molar-refractivity contribution is -0.0497. The number of nitrogens with two attached hydrogens (primary N) is 1. The minimum absolute atomic E-state index is 0. The third-order valence-electron chi connectivity index (χ3n) is 1.08. The summed E-state index contributed by atoms with van der Waals surface area (Å²) in [5.41, 5.74) is 5.72. The minimum atomic E-state index is -2.79. The summed E-state index contributed by atoms with van der Waals surface area (Å²) in [6.45, 7) is -2.79. The Labute approximate surface area is 74.7 Å². The van der Waals surface area contributed by atoms with Gasteiger partial charge in [0.25, 0.3) is 0 Å². The molecule has 0 saturated heterocycles. The number of rotatable bonds is 2. The molecule has 0 spiro atoms. The average molecular weight is 196 g/mol. The molecular formula is C7H8ClF2NO. The summed E-state index contributed by atoms with van der Waals surface area (Å²) < 4.78 is 27.3. The van der Waals surface area contributed by atoms with Crippen LogP contribution >= 0.6 is 12.4 Å². The molecule has 2 N–H and O–H groups in total. The SMILES string of the molecule is Cl.Nc1cccc(OC(F)F)c1. The molecule has 0 aliphatic heterocycles. The molecule has 0 aliphatic carbocycles. The third-order valence-corrected chi connectivity index (χ3v) is 1.08. The van der Waals surface area contributed by atoms with Crippen molar-refractivity contribution >= 4 is 18.1 Å². The number of ether oxygens (including phenoxy) is 1. The van der Waals surface area contributed by atoms with Gasteiger partial charge in [0.15, 0.2) is 0 Å². The van der Waals surface area contributed by atoms with Crippen molar-refractivity contribution in [3.63, 3.8) is 0 Å². The van der Waals surface area contributed by atoms with Crippen LogP contribution < -0.4 is 10.5 Å². The predicted octanol–water partition coefficient (Wildman–Crippen LogP) is 2.29. The standard InChI is InChI=1S/C7H7F2NO.ClH/c8-7(9)11-6-3-1-2-5(10)4-6;/h1-4,7H,10H2;1H. The van der Waals surface area contributed by atoms with Gasteiger partial charge in [-0.05, 0) is 12.1 Å². The summed E-state index contributed by atoms with van der Waals surface area (Å²) >= 11 is 0. The van der Waals surface area contributed by atoms with E-state index in [1.54, 1.807) is 12.1 Å². The Bertz CT molecular complexity index is 245. The second-order valence-electron chi connectivity index (χ2n) is 1.95. The summed E-state index contributed by atoms with van der Waals surface area (Å²) in [6.07, 6.45) is 0. The number of halogens is 3. The van der Waals surface area contributed by atoms with Crippen molar-refractivity contribution < 1.29 is 13.5 Å². The second kappa shape index (κ2) is 4.77. The Kier molecular flexibility index (Phi) is 4.36. The van der Waals surface area contributed by atoms with Crippen molar-refractivity contribution in [1.82, 2.24) is 0 Å². The van der Waals surface area contributed by atoms with Crippen molar-refractivity contribution in [1.29, 1.82) is 0 Å². The van der Waals surface area contributed by atoms with E-state index < -0.39 is 6.61 Å². The first-order valence-electron chi connectivity index (χ1n) is 2.99. The number of hydrogen-bond acceptors (Lipinski definition) is 2. The zero-order valence-electron chi connectivity index (χ0n) is 6.04. The maximum atomic E-state index is 11.6. The molecule has 1 aromatic rings. The Hall–Kier alpha value is -1.03. The molecule has 0 fully saturated rings. The van der Waals surface area contributed by atoms with Crippen LogP contribution in [0.4, 0.5) is 14.5 Å². The molecule has 1 aromatic carbocycles. The quantitative estimate of drug-likeness (QED) is 0.735. The van der Waals surface area contributed by atoms with Crippen LogP contribution in [0.5, 0.6) is 5.75 Å². The zero-order valence-corrected chi connectivity index (χ0v) is 6.85. The van der Waals surface area contributed by atoms with E-state index in [0.29, 0.717) is 5.69 Å². The van der Waals surface area contributed by atoms with E-state index in [4.69, 9.17) is 5.73 Å². The van der Waals surface area contributed by atoms with Gasteiger partial charge < -0.3 is 10.5 Å². The molecule has 5 heteroatoms. The van der Waals surface area contributed by atoms with E-state index in [-0.39, 0.29) is 18.2 Å². The molecule has 0 radical (unpaired) electrons. The average Bonchev–Trinajstić information content (AvgIpc) is 1.85. The molecule has 0 heterocycles. The first-order chi connectivity index (χ1) is 5.18. The van der Waals surface area contributed by atoms with Crippen molar-refractivity contribution in [2.24, 2.45) is 0 Å². The first-order valence-corrected chi connectivity index (χ1v) is 2.99. The van der Waals surface area contributed by atoms with Gasteiger partial charge in [-0.2, -0.15) is 8.78 Å². The summed E-state index contributed by atoms with van der Waals surface area (Å²) in [4.78, 5) is 0. The normalized spacial score (nSPS) is 9.25. The van der Waals surface area contributed by atoms with Gasteiger partial charge in [0.05, 0.1) is 0 Å². The monoisotopic (exact) mass is 195 g/mol. The minimum Gasteiger partial charge on any atom is -0.435 e. The number of alkyl halides is 2. The molecule has 0 aromatic heterocycles. The molecular weight excluding hydrogens is 188 g/mol. The van der Waals surface area contributed by atoms with Gasteiger partial charge in [-0.1, -0.05) is 6.07 Å². The molecule has 0 unspecified atom stereocenters. The Balaban J connectivity index is 0.00000121. The molecule has 2 nitrogen and oxygen atoms in total. The molecule has 0 aliphatic rings. The van der Waals surface area contributed by atoms with E-state index in [1.165, 1.54) is 12.1 Å². The van der Waals surface area contributed by atoms with Crippen LogP contribution in [0.15, 0.2) is 24.3 Å². The fourth-order valence-electron chi connectivity index (χ4n) is 0.691. The van der Waals surface area contributed by atoms with Crippen molar-refractivity contribution in [2.75, 3.05) is 5.73 Å². The van der Waals surface area contributed by atoms with Crippen LogP contribution in [0.1, 0.15) is 0 Å². The van der Waals surface area contributed by atoms with E-state index in [0.717, 1.165) is 0 Å². The zero-order chi connectivity index (χ0) is 8.27. The molecule has 12 heavy (non-hydrogen) atoms. The lowest BCUT2D eigenvalue weighted by Crippen LogP contribution is -2.01. The number of benzene rings is 1. The van der Waals surface area contributed by atoms with Crippen molar-refractivity contribution in [3.05, 3.63) is 24.3 Å². The highest BCUT2D eigenvalue weighted by molar-refractivity contribution is 5.85. The topological polar surface area (TPSA) is 35.2 Å². The highest BCUT2D eigenvalue weighted by Gasteiger charge is 2.02. The van der Waals surface area contributed by atoms with Gasteiger partial charge in [0.2, 0.25) is 0 Å². The van der Waals surface area contributed by atoms with E-state index >= 15 is 0 Å². The smallest absolute Gasteiger partial charge is 0.387 e. The van der Waals surface area contributed by atoms with E-state index in [2.05, 4.69) is 4.74 Å². The molecule has 0 amide bonds. The van der Waals surface area contributed by atoms with Crippen molar-refractivity contribution in [2.45, 2.75) is 6.61 Å². The molecule has 0 saturated carbocycles. The van der Waals surface area contributed by atoms with Crippen LogP contribution in [-0.4, -0.2) is 6.61 Å². The summed E-state index contributed by atoms with van der Waals surface area (Å²) in [5, 5.41) is 0. The van der Waals surface area contributed by atoms with Gasteiger partial charge in [0.1, 0.15) is 5.75 Å². The fraction of sp³-hybridized carbons (Fsp3) is 0.143. The summed E-state index contributed by atoms with van der Waals surface area (Å²) in [6, 6.07) is 5.90. The van der Waals surface area contributed by atoms with Crippen molar-refractivity contribution in [3.8, 4) is 5.75 Å². The van der Waals surface area contributed by atoms with Gasteiger partial charge in [-0.25, -0.2) is 0 Å². The molecule has 0 bridgehead atoms.